The summed E-state index contributed by atoms with van der Waals surface area (Å²) in [6, 6.07) is 103. The van der Waals surface area contributed by atoms with E-state index in [0.29, 0.717) is 101 Å². The van der Waals surface area contributed by atoms with Crippen LogP contribution in [-0.2, 0) is 29.1 Å². The van der Waals surface area contributed by atoms with Gasteiger partial charge in [-0.25, -0.2) is 39.5 Å². The number of benzene rings is 16. The fraction of sp³-hybridized carbons (Fsp3) is 0.0476. The predicted octanol–water partition coefficient (Wildman–Crippen LogP) is 27.9. The molecule has 1 heterocycles. The van der Waals surface area contributed by atoms with Gasteiger partial charge in [-0.3, -0.25) is 0 Å². The lowest BCUT2D eigenvalue weighted by atomic mass is 9.67. The summed E-state index contributed by atoms with van der Waals surface area (Å²) in [4.78, 5) is 4.13. The lowest BCUT2D eigenvalue weighted by Gasteiger charge is -2.35. The summed E-state index contributed by atoms with van der Waals surface area (Å²) < 4.78 is 156. The van der Waals surface area contributed by atoms with Crippen LogP contribution in [0.2, 0.25) is 0 Å². The quantitative estimate of drug-likeness (QED) is 0.0645. The molecule has 0 aromatic heterocycles. The second-order valence-corrected chi connectivity index (χ2v) is 30.5. The lowest BCUT2D eigenvalue weighted by Crippen LogP contribution is -2.34. The number of halogens is 9. The molecule has 2 nitrogen and oxygen atoms in total. The Morgan fingerprint density at radius 2 is 0.603 bits per heavy atom. The highest BCUT2D eigenvalue weighted by Crippen LogP contribution is 2.66. The molecule has 0 radical (unpaired) electrons. The molecule has 0 amide bonds. The van der Waals surface area contributed by atoms with E-state index in [1.54, 1.807) is 72.8 Å². The molecule has 6 bridgehead atoms. The number of rotatable bonds is 13. The predicted molar refractivity (Wildman–Crippen MR) is 446 cm³/mol. The molecule has 0 saturated carbocycles. The summed E-state index contributed by atoms with van der Waals surface area (Å²) >= 11 is 0. The molecule has 3 unspecified atom stereocenters. The van der Waals surface area contributed by atoms with Crippen molar-refractivity contribution in [3.63, 3.8) is 0 Å². The Hall–Kier alpha value is -14.0. The van der Waals surface area contributed by atoms with Gasteiger partial charge in [0.1, 0.15) is 5.82 Å². The van der Waals surface area contributed by atoms with Gasteiger partial charge in [-0.2, -0.15) is 0 Å². The van der Waals surface area contributed by atoms with Gasteiger partial charge < -0.3 is 9.80 Å². The molecule has 11 heteroatoms. The van der Waals surface area contributed by atoms with Gasteiger partial charge >= 0.3 is 0 Å². The van der Waals surface area contributed by atoms with Crippen LogP contribution < -0.4 is 9.80 Å². The van der Waals surface area contributed by atoms with Crippen molar-refractivity contribution in [3.05, 3.63) is 465 Å². The minimum Gasteiger partial charge on any atom is -0.310 e. The summed E-state index contributed by atoms with van der Waals surface area (Å²) in [6.45, 7) is 7.90. The van der Waals surface area contributed by atoms with Crippen LogP contribution in [0.5, 0.6) is 0 Å². The summed E-state index contributed by atoms with van der Waals surface area (Å²) in [5, 5.41) is 0. The largest absolute Gasteiger partial charge is 0.310 e. The van der Waals surface area contributed by atoms with Crippen LogP contribution in [-0.4, -0.2) is 0 Å². The first kappa shape index (κ1) is 69.9. The Labute approximate surface area is 663 Å². The first-order valence-electron chi connectivity index (χ1n) is 38.4. The number of nitrogens with zero attached hydrogens (tertiary/aromatic N) is 2. The zero-order valence-corrected chi connectivity index (χ0v) is 61.9. The van der Waals surface area contributed by atoms with Gasteiger partial charge in [0.05, 0.1) is 21.8 Å². The Bertz CT molecular complexity index is 6830. The number of fused-ring (bicyclic) bond motifs is 23. The van der Waals surface area contributed by atoms with Gasteiger partial charge in [0.2, 0.25) is 5.82 Å². The smallest absolute Gasteiger partial charge is 0.200 e. The molecule has 5 aliphatic rings. The highest BCUT2D eigenvalue weighted by molar-refractivity contribution is 6.00. The van der Waals surface area contributed by atoms with Crippen LogP contribution in [0, 0.1) is 52.4 Å². The van der Waals surface area contributed by atoms with Crippen molar-refractivity contribution in [1.82, 2.24) is 0 Å². The highest BCUT2D eigenvalue weighted by atomic mass is 19.2. The Balaban J connectivity index is 0.810. The van der Waals surface area contributed by atoms with Gasteiger partial charge in [0.15, 0.2) is 40.7 Å². The Morgan fingerprint density at radius 3 is 1.10 bits per heavy atom. The average Bonchev–Trinajstić information content (AvgIpc) is 1.51. The standard InChI is InChI=1S/C105H63F9N2/c1-3-60-31-35-62(36-32-60)58-103-83-27-15-11-23-74(83)78-50-45-70(55-87(78)103)116(68-43-48-73(66-21-9-6-10-22-66)82(53-68)91-94(106)92(103)96(108)99(111)95(91)107)72-47-52-81-77-26-14-18-30-86(77)105(90(81)57-72)85-29-17-13-25-76(85)80-51-46-71(56-89(80)105)115(67-41-39-65(40-42-67)64-19-7-5-8-20-64)69-44-49-79-75-24-12-16-28-84(75)104(88(79)54-69,59-63-37-33-61(4-2)34-38-63)93-97(109)100(112)102(114)101(113)98(93)110/h3-57H,1-2,58-59H2. The maximum atomic E-state index is 19.3. The lowest BCUT2D eigenvalue weighted by molar-refractivity contribution is 0.357. The van der Waals surface area contributed by atoms with Crippen LogP contribution in [0.3, 0.4) is 0 Å². The van der Waals surface area contributed by atoms with E-state index in [1.165, 1.54) is 0 Å². The van der Waals surface area contributed by atoms with Crippen molar-refractivity contribution in [3.8, 4) is 77.9 Å². The first-order valence-corrected chi connectivity index (χ1v) is 38.4. The van der Waals surface area contributed by atoms with Crippen molar-refractivity contribution >= 4 is 46.3 Å². The monoisotopic (exact) mass is 1520 g/mol. The molecular formula is C105H63F9N2. The van der Waals surface area contributed by atoms with E-state index in [9.17, 15) is 0 Å². The number of hydrogen-bond donors (Lipinski definition) is 0. The van der Waals surface area contributed by atoms with Crippen molar-refractivity contribution in [1.29, 1.82) is 0 Å². The second-order valence-electron chi connectivity index (χ2n) is 30.5. The molecule has 556 valence electrons. The molecule has 0 fully saturated rings. The van der Waals surface area contributed by atoms with Crippen molar-refractivity contribution in [2.75, 3.05) is 9.80 Å². The van der Waals surface area contributed by atoms with E-state index in [0.717, 1.165) is 66.8 Å². The third kappa shape index (κ3) is 9.87. The normalized spacial score (nSPS) is 16.4. The fourth-order valence-electron chi connectivity index (χ4n) is 19.9. The zero-order chi connectivity index (χ0) is 78.8. The second kappa shape index (κ2) is 26.3. The summed E-state index contributed by atoms with van der Waals surface area (Å²) in [6.07, 6.45) is 3.07. The van der Waals surface area contributed by atoms with Crippen LogP contribution in [0.25, 0.3) is 90.0 Å². The van der Waals surface area contributed by atoms with Gasteiger partial charge in [-0.1, -0.05) is 274 Å². The van der Waals surface area contributed by atoms with E-state index >= 15 is 39.5 Å². The maximum Gasteiger partial charge on any atom is 0.200 e. The minimum atomic E-state index is -2.26. The van der Waals surface area contributed by atoms with Crippen molar-refractivity contribution < 1.29 is 39.5 Å². The molecule has 1 aliphatic heterocycles. The Kier molecular flexibility index (Phi) is 15.8. The van der Waals surface area contributed by atoms with Crippen molar-refractivity contribution in [2.24, 2.45) is 0 Å². The van der Waals surface area contributed by atoms with E-state index in [1.807, 2.05) is 212 Å². The van der Waals surface area contributed by atoms with E-state index < -0.39 is 85.3 Å². The minimum absolute atomic E-state index is 0.00830. The number of hydrogen-bond acceptors (Lipinski definition) is 2. The van der Waals surface area contributed by atoms with Gasteiger partial charge in [-0.15, -0.1) is 0 Å². The van der Waals surface area contributed by atoms with Gasteiger partial charge in [0, 0.05) is 45.3 Å². The molecule has 4 aliphatic carbocycles. The first-order chi connectivity index (χ1) is 56.6. The highest BCUT2D eigenvalue weighted by Gasteiger charge is 2.55. The molecule has 21 rings (SSSR count). The van der Waals surface area contributed by atoms with E-state index in [4.69, 9.17) is 0 Å². The summed E-state index contributed by atoms with van der Waals surface area (Å²) in [7, 11) is 0. The molecule has 0 saturated heterocycles. The molecule has 0 N–H and O–H groups in total. The molecular weight excluding hydrogens is 1460 g/mol. The van der Waals surface area contributed by atoms with Crippen LogP contribution in [0.15, 0.2) is 335 Å². The SMILES string of the molecule is C=Cc1ccc(CC2(c3c(F)c(F)c(F)c(F)c3F)c3ccccc3-c3ccc(N(c4ccc(-c5ccccc5)cc4)c4ccc5c(c4)C4(c6ccccc6-5)c5ccccc5-c5ccc(N6c7ccc(-c8ccccc8)c(c7)-c7c(F)c(F)c(F)c(c7F)C7(Cc8ccc(C=C)cc8)c8ccccc8-c8ccc6cc87)cc54)cc32)cc1. The molecule has 16 aromatic rings. The third-order valence-electron chi connectivity index (χ3n) is 24.9. The maximum absolute atomic E-state index is 19.3. The zero-order valence-electron chi connectivity index (χ0n) is 61.9. The van der Waals surface area contributed by atoms with E-state index in [-0.39, 0.29) is 18.4 Å². The van der Waals surface area contributed by atoms with Gasteiger partial charge in [-0.05, 0) is 225 Å². The summed E-state index contributed by atoms with van der Waals surface area (Å²) in [5.41, 5.74) is 13.4. The molecule has 116 heavy (non-hydrogen) atoms. The Morgan fingerprint density at radius 1 is 0.259 bits per heavy atom. The van der Waals surface area contributed by atoms with E-state index in [2.05, 4.69) is 71.5 Å². The third-order valence-corrected chi connectivity index (χ3v) is 24.9. The van der Waals surface area contributed by atoms with Crippen LogP contribution in [0.1, 0.15) is 77.9 Å². The summed E-state index contributed by atoms with van der Waals surface area (Å²) in [5.74, 6) is -16.6. The van der Waals surface area contributed by atoms with Crippen LogP contribution in [0.4, 0.5) is 73.6 Å². The molecule has 16 aromatic carbocycles. The topological polar surface area (TPSA) is 6.48 Å². The number of anilines is 6. The molecule has 1 spiro atoms. The average molecular weight is 1520 g/mol. The fourth-order valence-corrected chi connectivity index (χ4v) is 19.9. The molecule has 3 atom stereocenters. The van der Waals surface area contributed by atoms with Gasteiger partial charge in [0.25, 0.3) is 0 Å². The van der Waals surface area contributed by atoms with Crippen molar-refractivity contribution in [2.45, 2.75) is 29.1 Å². The van der Waals surface area contributed by atoms with Crippen LogP contribution >= 0.6 is 0 Å².